The minimum absolute atomic E-state index is 0.0916. The van der Waals surface area contributed by atoms with Crippen molar-refractivity contribution in [3.05, 3.63) is 106 Å². The summed E-state index contributed by atoms with van der Waals surface area (Å²) in [6.45, 7) is 11.6. The molecule has 0 spiro atoms. The van der Waals surface area contributed by atoms with Gasteiger partial charge in [0, 0.05) is 60.3 Å². The van der Waals surface area contributed by atoms with Crippen molar-refractivity contribution in [1.29, 1.82) is 0 Å². The number of benzene rings is 2. The molecule has 1 aliphatic heterocycles. The molecule has 0 radical (unpaired) electrons. The molecule has 1 unspecified atom stereocenters. The number of piperazine rings is 1. The molecule has 0 saturated carbocycles. The number of sulfone groups is 1. The Kier molecular flexibility index (Phi) is 8.73. The molecule has 0 amide bonds. The van der Waals surface area contributed by atoms with Crippen LogP contribution in [0, 0.1) is 5.82 Å². The lowest BCUT2D eigenvalue weighted by Crippen LogP contribution is -2.50. The van der Waals surface area contributed by atoms with Crippen LogP contribution in [0.2, 0.25) is 0 Å². The van der Waals surface area contributed by atoms with Gasteiger partial charge in [0.1, 0.15) is 15.7 Å². The number of anilines is 3. The molecule has 6 rings (SSSR count). The van der Waals surface area contributed by atoms with Crippen molar-refractivity contribution in [3.8, 4) is 0 Å². The number of halogens is 1. The first-order chi connectivity index (χ1) is 22.0. The van der Waals surface area contributed by atoms with Crippen LogP contribution in [0.1, 0.15) is 37.5 Å². The lowest BCUT2D eigenvalue weighted by atomic mass is 10.00. The minimum atomic E-state index is -3.65. The van der Waals surface area contributed by atoms with Gasteiger partial charge in [-0.1, -0.05) is 36.9 Å². The molecular formula is C33H34FN7O3S2. The second-order valence-electron chi connectivity index (χ2n) is 11.5. The maximum atomic E-state index is 15.3. The van der Waals surface area contributed by atoms with E-state index in [2.05, 4.69) is 31.6 Å². The van der Waals surface area contributed by atoms with Crippen LogP contribution in [-0.4, -0.2) is 58.3 Å². The molecule has 10 nitrogen and oxygen atoms in total. The number of rotatable bonds is 9. The van der Waals surface area contributed by atoms with Gasteiger partial charge < -0.3 is 15.5 Å². The van der Waals surface area contributed by atoms with E-state index in [1.807, 2.05) is 42.2 Å². The maximum Gasteiger partial charge on any atom is 0.260 e. The second kappa shape index (κ2) is 12.7. The highest BCUT2D eigenvalue weighted by atomic mass is 32.2. The van der Waals surface area contributed by atoms with E-state index in [-0.39, 0.29) is 34.2 Å². The van der Waals surface area contributed by atoms with Gasteiger partial charge in [-0.15, -0.1) is 0 Å². The van der Waals surface area contributed by atoms with Crippen LogP contribution < -0.4 is 21.1 Å². The van der Waals surface area contributed by atoms with Crippen molar-refractivity contribution in [1.82, 2.24) is 24.2 Å². The molecule has 5 aromatic rings. The van der Waals surface area contributed by atoms with Crippen LogP contribution >= 0.6 is 11.5 Å². The van der Waals surface area contributed by atoms with Gasteiger partial charge in [0.25, 0.3) is 5.56 Å². The highest BCUT2D eigenvalue weighted by Gasteiger charge is 2.27. The summed E-state index contributed by atoms with van der Waals surface area (Å²) in [6.07, 6.45) is 3.05. The highest BCUT2D eigenvalue weighted by Crippen LogP contribution is 2.29. The van der Waals surface area contributed by atoms with Gasteiger partial charge in [0.15, 0.2) is 9.84 Å². The Balaban J connectivity index is 1.42. The van der Waals surface area contributed by atoms with Gasteiger partial charge in [-0.05, 0) is 67.7 Å². The van der Waals surface area contributed by atoms with Gasteiger partial charge in [-0.3, -0.25) is 9.36 Å². The Morgan fingerprint density at radius 1 is 1.17 bits per heavy atom. The first-order valence-electron chi connectivity index (χ1n) is 14.9. The maximum absolute atomic E-state index is 15.3. The molecular weight excluding hydrogens is 626 g/mol. The van der Waals surface area contributed by atoms with E-state index >= 15 is 4.39 Å². The summed E-state index contributed by atoms with van der Waals surface area (Å²) >= 11 is 0.882. The first-order valence-corrected chi connectivity index (χ1v) is 17.2. The number of nitrogens with one attached hydrogen (secondary N) is 2. The Hall–Kier alpha value is -4.46. The lowest BCUT2D eigenvalue weighted by molar-refractivity contribution is 0.491. The standard InChI is InChI=1S/C33H34FN7O3S2/c1-20(2)46(43,44)32-25(18-37-45-32)19-41-30-24(14-27(31(41)42)22(4)23-8-6-5-7-9-23)17-36-33(39-30)38-26-10-11-29(28(34)15-26)40-13-12-35-16-21(40)3/h5-11,14-15,17-18,20-21,35H,4,12-13,16,19H2,1-3H3,(H,36,38,39). The van der Waals surface area contributed by atoms with E-state index in [9.17, 15) is 13.2 Å². The third-order valence-electron chi connectivity index (χ3n) is 8.10. The highest BCUT2D eigenvalue weighted by molar-refractivity contribution is 7.94. The van der Waals surface area contributed by atoms with Crippen molar-refractivity contribution < 1.29 is 12.8 Å². The van der Waals surface area contributed by atoms with Crippen LogP contribution in [-0.2, 0) is 16.4 Å². The molecule has 3 aromatic heterocycles. The molecule has 238 valence electrons. The van der Waals surface area contributed by atoms with E-state index in [1.54, 1.807) is 38.2 Å². The summed E-state index contributed by atoms with van der Waals surface area (Å²) in [5.41, 5.74) is 2.84. The minimum Gasteiger partial charge on any atom is -0.364 e. The van der Waals surface area contributed by atoms with Crippen LogP contribution in [0.15, 0.2) is 82.6 Å². The normalized spacial score (nSPS) is 15.4. The number of hydrogen-bond donors (Lipinski definition) is 2. The fraction of sp³-hybridized carbons (Fsp3) is 0.273. The van der Waals surface area contributed by atoms with Crippen LogP contribution in [0.25, 0.3) is 16.6 Å². The summed E-state index contributed by atoms with van der Waals surface area (Å²) in [7, 11) is -3.65. The Bertz CT molecular complexity index is 2100. The molecule has 2 N–H and O–H groups in total. The predicted octanol–water partition coefficient (Wildman–Crippen LogP) is 5.22. The van der Waals surface area contributed by atoms with E-state index in [1.165, 1.54) is 16.8 Å². The first kappa shape index (κ1) is 31.5. The van der Waals surface area contributed by atoms with Crippen molar-refractivity contribution in [2.24, 2.45) is 0 Å². The average molecular weight is 660 g/mol. The molecule has 1 fully saturated rings. The largest absolute Gasteiger partial charge is 0.364 e. The quantitative estimate of drug-likeness (QED) is 0.219. The van der Waals surface area contributed by atoms with Gasteiger partial charge in [0.05, 0.1) is 17.5 Å². The average Bonchev–Trinajstić information content (AvgIpc) is 3.52. The number of hydrogen-bond acceptors (Lipinski definition) is 10. The van der Waals surface area contributed by atoms with E-state index in [0.717, 1.165) is 30.2 Å². The fourth-order valence-corrected chi connectivity index (χ4v) is 8.04. The van der Waals surface area contributed by atoms with Crippen molar-refractivity contribution >= 4 is 55.3 Å². The Morgan fingerprint density at radius 3 is 2.67 bits per heavy atom. The zero-order valence-electron chi connectivity index (χ0n) is 25.7. The Labute approximate surface area is 270 Å². The van der Waals surface area contributed by atoms with Gasteiger partial charge in [-0.25, -0.2) is 17.8 Å². The number of nitrogens with zero attached hydrogens (tertiary/aromatic N) is 5. The predicted molar refractivity (Wildman–Crippen MR) is 181 cm³/mol. The topological polar surface area (TPSA) is 122 Å². The molecule has 0 bridgehead atoms. The summed E-state index contributed by atoms with van der Waals surface area (Å²) in [5, 5.41) is 6.26. The molecule has 0 aliphatic carbocycles. The summed E-state index contributed by atoms with van der Waals surface area (Å²) < 4.78 is 47.2. The third kappa shape index (κ3) is 6.05. The van der Waals surface area contributed by atoms with Crippen molar-refractivity contribution in [3.63, 3.8) is 0 Å². The molecule has 1 atom stereocenters. The second-order valence-corrected chi connectivity index (χ2v) is 15.0. The van der Waals surface area contributed by atoms with E-state index < -0.39 is 20.6 Å². The Morgan fingerprint density at radius 2 is 1.96 bits per heavy atom. The van der Waals surface area contributed by atoms with Crippen molar-refractivity contribution in [2.45, 2.75) is 42.8 Å². The van der Waals surface area contributed by atoms with E-state index in [0.29, 0.717) is 40.0 Å². The zero-order chi connectivity index (χ0) is 32.6. The molecule has 1 saturated heterocycles. The number of aromatic nitrogens is 4. The molecule has 4 heterocycles. The molecule has 13 heteroatoms. The van der Waals surface area contributed by atoms with Crippen molar-refractivity contribution in [2.75, 3.05) is 29.9 Å². The summed E-state index contributed by atoms with van der Waals surface area (Å²) in [5.74, 6) is -0.221. The number of fused-ring (bicyclic) bond motifs is 1. The SMILES string of the molecule is C=C(c1ccccc1)c1cc2cnc(Nc3ccc(N4CCNCC4C)c(F)c3)nc2n(Cc2cnsc2S(=O)(=O)C(C)C)c1=O. The van der Waals surface area contributed by atoms with Crippen LogP contribution in [0.5, 0.6) is 0 Å². The number of pyridine rings is 1. The van der Waals surface area contributed by atoms with Gasteiger partial charge in [-0.2, -0.15) is 9.36 Å². The van der Waals surface area contributed by atoms with Gasteiger partial charge >= 0.3 is 0 Å². The molecule has 2 aromatic carbocycles. The third-order valence-corrected chi connectivity index (χ3v) is 11.7. The summed E-state index contributed by atoms with van der Waals surface area (Å²) in [4.78, 5) is 25.3. The lowest BCUT2D eigenvalue weighted by Gasteiger charge is -2.36. The molecule has 1 aliphatic rings. The summed E-state index contributed by atoms with van der Waals surface area (Å²) in [6, 6.07) is 16.1. The van der Waals surface area contributed by atoms with Gasteiger partial charge in [0.2, 0.25) is 5.95 Å². The molecule has 46 heavy (non-hydrogen) atoms. The van der Waals surface area contributed by atoms with Crippen LogP contribution in [0.3, 0.4) is 0 Å². The zero-order valence-corrected chi connectivity index (χ0v) is 27.3. The van der Waals surface area contributed by atoms with Crippen LogP contribution in [0.4, 0.5) is 21.7 Å². The monoisotopic (exact) mass is 659 g/mol. The smallest absolute Gasteiger partial charge is 0.260 e. The van der Waals surface area contributed by atoms with E-state index in [4.69, 9.17) is 0 Å². The fourth-order valence-electron chi connectivity index (χ4n) is 5.50.